The molecule has 0 radical (unpaired) electrons. The zero-order valence-electron chi connectivity index (χ0n) is 29.1. The van der Waals surface area contributed by atoms with Gasteiger partial charge in [-0.3, -0.25) is 9.59 Å². The molecule has 0 heterocycles. The van der Waals surface area contributed by atoms with E-state index in [1.165, 1.54) is 18.2 Å². The van der Waals surface area contributed by atoms with Crippen molar-refractivity contribution in [3.05, 3.63) is 65.2 Å². The molecule has 46 heavy (non-hydrogen) atoms. The van der Waals surface area contributed by atoms with Crippen molar-refractivity contribution in [3.63, 3.8) is 0 Å². The number of hydrogen-bond acceptors (Lipinski definition) is 8. The SMILES string of the molecule is CC(C)(C)OC(=O)N[C@@H](Cc1ccccc1)C(=O)N[C@@H](Cc1ccc(OCC(=O)O)c(C(=O)O)c1)C(=O)NCCCCCO.[H-].[H-].[Na+].[Na+]. The number of carboxylic acids is 2. The first kappa shape index (κ1) is 43.4. The fraction of sp³-hybridized carbons (Fsp3) is 0.452. The Balaban J connectivity index is -0.00000506. The van der Waals surface area contributed by atoms with Gasteiger partial charge in [0.15, 0.2) is 6.61 Å². The molecule has 13 nitrogen and oxygen atoms in total. The van der Waals surface area contributed by atoms with E-state index in [1.807, 2.05) is 6.07 Å². The van der Waals surface area contributed by atoms with Gasteiger partial charge in [-0.05, 0) is 63.3 Å². The van der Waals surface area contributed by atoms with E-state index >= 15 is 0 Å². The fourth-order valence-corrected chi connectivity index (χ4v) is 4.11. The van der Waals surface area contributed by atoms with Crippen molar-refractivity contribution in [2.24, 2.45) is 0 Å². The van der Waals surface area contributed by atoms with Gasteiger partial charge in [-0.2, -0.15) is 0 Å². The zero-order valence-corrected chi connectivity index (χ0v) is 31.1. The molecule has 0 aliphatic carbocycles. The van der Waals surface area contributed by atoms with Gasteiger partial charge in [-0.25, -0.2) is 14.4 Å². The third kappa shape index (κ3) is 16.8. The Labute approximate surface area is 315 Å². The number of aliphatic hydroxyl groups is 1. The summed E-state index contributed by atoms with van der Waals surface area (Å²) in [6, 6.07) is 10.7. The maximum absolute atomic E-state index is 13.6. The van der Waals surface area contributed by atoms with Crippen LogP contribution < -0.4 is 79.8 Å². The quantitative estimate of drug-likeness (QED) is 0.0730. The largest absolute Gasteiger partial charge is 1.00 e. The topological polar surface area (TPSA) is 201 Å². The van der Waals surface area contributed by atoms with E-state index < -0.39 is 54.1 Å². The monoisotopic (exact) mass is 663 g/mol. The molecular formula is C31H43N3Na2O10. The molecule has 0 saturated carbocycles. The first-order valence-corrected chi connectivity index (χ1v) is 14.2. The fourth-order valence-electron chi connectivity index (χ4n) is 4.11. The number of rotatable bonds is 17. The molecule has 0 bridgehead atoms. The number of alkyl carbamates (subject to hydrolysis) is 1. The van der Waals surface area contributed by atoms with Gasteiger partial charge in [0.1, 0.15) is 29.0 Å². The van der Waals surface area contributed by atoms with Crippen LogP contribution in [0, 0.1) is 0 Å². The number of carbonyl (C=O) groups is 5. The van der Waals surface area contributed by atoms with Crippen LogP contribution in [-0.4, -0.2) is 82.6 Å². The van der Waals surface area contributed by atoms with Crippen molar-refractivity contribution >= 4 is 29.8 Å². The number of benzene rings is 2. The smallest absolute Gasteiger partial charge is 1.00 e. The number of hydrogen-bond donors (Lipinski definition) is 6. The Morgan fingerprint density at radius 3 is 2.04 bits per heavy atom. The predicted octanol–water partition coefficient (Wildman–Crippen LogP) is -3.48. The molecule has 0 saturated heterocycles. The third-order valence-corrected chi connectivity index (χ3v) is 6.12. The zero-order chi connectivity index (χ0) is 32.7. The van der Waals surface area contributed by atoms with Crippen LogP contribution in [0.1, 0.15) is 64.4 Å². The molecule has 2 aromatic rings. The maximum Gasteiger partial charge on any atom is 1.00 e. The van der Waals surface area contributed by atoms with Gasteiger partial charge < -0.3 is 43.6 Å². The molecule has 244 valence electrons. The van der Waals surface area contributed by atoms with Crippen LogP contribution >= 0.6 is 0 Å². The van der Waals surface area contributed by atoms with Gasteiger partial charge in [0.05, 0.1) is 0 Å². The van der Waals surface area contributed by atoms with Gasteiger partial charge in [0.25, 0.3) is 0 Å². The average Bonchev–Trinajstić information content (AvgIpc) is 2.94. The van der Waals surface area contributed by atoms with Crippen LogP contribution in [0.15, 0.2) is 48.5 Å². The van der Waals surface area contributed by atoms with Gasteiger partial charge in [0, 0.05) is 26.0 Å². The van der Waals surface area contributed by atoms with Gasteiger partial charge >= 0.3 is 77.1 Å². The summed E-state index contributed by atoms with van der Waals surface area (Å²) >= 11 is 0. The van der Waals surface area contributed by atoms with Crippen LogP contribution in [0.25, 0.3) is 0 Å². The van der Waals surface area contributed by atoms with Gasteiger partial charge in [0.2, 0.25) is 11.8 Å². The second-order valence-corrected chi connectivity index (χ2v) is 11.0. The summed E-state index contributed by atoms with van der Waals surface area (Å²) in [6.07, 6.45) is 0.983. The van der Waals surface area contributed by atoms with Crippen LogP contribution in [0.2, 0.25) is 0 Å². The van der Waals surface area contributed by atoms with Crippen LogP contribution in [0.5, 0.6) is 5.75 Å². The van der Waals surface area contributed by atoms with Gasteiger partial charge in [-0.1, -0.05) is 36.4 Å². The number of carbonyl (C=O) groups excluding carboxylic acids is 3. The summed E-state index contributed by atoms with van der Waals surface area (Å²) in [7, 11) is 0. The summed E-state index contributed by atoms with van der Waals surface area (Å²) in [5.41, 5.74) is -0.0349. The Morgan fingerprint density at radius 1 is 0.826 bits per heavy atom. The molecule has 0 unspecified atom stereocenters. The first-order valence-electron chi connectivity index (χ1n) is 14.2. The third-order valence-electron chi connectivity index (χ3n) is 6.12. The molecule has 6 N–H and O–H groups in total. The van der Waals surface area contributed by atoms with Crippen LogP contribution in [0.4, 0.5) is 4.79 Å². The van der Waals surface area contributed by atoms with E-state index in [4.69, 9.17) is 19.7 Å². The van der Waals surface area contributed by atoms with Crippen molar-refractivity contribution in [1.82, 2.24) is 16.0 Å². The number of unbranched alkanes of at least 4 members (excludes halogenated alkanes) is 2. The Morgan fingerprint density at radius 2 is 1.46 bits per heavy atom. The van der Waals surface area contributed by atoms with E-state index in [9.17, 15) is 29.1 Å². The minimum Gasteiger partial charge on any atom is -1.00 e. The summed E-state index contributed by atoms with van der Waals surface area (Å²) in [5, 5.41) is 35.6. The number of carboxylic acid groups (broad SMARTS) is 2. The molecule has 0 aliphatic rings. The molecule has 2 rings (SSSR count). The van der Waals surface area contributed by atoms with E-state index in [0.717, 1.165) is 5.56 Å². The Hall–Kier alpha value is -2.65. The molecule has 2 aromatic carbocycles. The molecule has 3 amide bonds. The molecule has 0 spiro atoms. The van der Waals surface area contributed by atoms with Gasteiger partial charge in [-0.15, -0.1) is 0 Å². The molecule has 0 aliphatic heterocycles. The summed E-state index contributed by atoms with van der Waals surface area (Å²) in [4.78, 5) is 62.2. The number of aliphatic carboxylic acids is 1. The summed E-state index contributed by atoms with van der Waals surface area (Å²) in [5.74, 6) is -4.03. The van der Waals surface area contributed by atoms with E-state index in [1.54, 1.807) is 45.0 Å². The summed E-state index contributed by atoms with van der Waals surface area (Å²) < 4.78 is 10.4. The second-order valence-electron chi connectivity index (χ2n) is 11.0. The minimum absolute atomic E-state index is 0. The molecule has 0 fully saturated rings. The average molecular weight is 664 g/mol. The van der Waals surface area contributed by atoms with E-state index in [0.29, 0.717) is 24.8 Å². The second kappa shape index (κ2) is 22.0. The van der Waals surface area contributed by atoms with Crippen molar-refractivity contribution in [1.29, 1.82) is 0 Å². The standard InChI is InChI=1S/C31H41N3O10.2Na.2H/c1-31(2,3)44-30(42)34-24(17-20-10-6-4-7-11-20)28(39)33-23(27(38)32-14-8-5-9-15-35)18-21-12-13-25(43-19-26(36)37)22(16-21)29(40)41;;;;/h4,6-7,10-13,16,23-24,35H,5,8-9,14-15,17-19H2,1-3H3,(H,32,38)(H,33,39)(H,34,42)(H,36,37)(H,40,41);;;;/q;2*+1;2*-1/t23-,24-;;;;/m0..../s1. The molecule has 0 aromatic heterocycles. The first-order chi connectivity index (χ1) is 20.8. The number of aliphatic hydroxyl groups excluding tert-OH is 1. The molecular weight excluding hydrogens is 620 g/mol. The van der Waals surface area contributed by atoms with Crippen molar-refractivity contribution in [2.75, 3.05) is 19.8 Å². The number of amides is 3. The minimum atomic E-state index is -1.37. The van der Waals surface area contributed by atoms with E-state index in [-0.39, 0.29) is 99.3 Å². The van der Waals surface area contributed by atoms with Crippen molar-refractivity contribution in [2.45, 2.75) is 70.6 Å². The van der Waals surface area contributed by atoms with Crippen molar-refractivity contribution in [3.8, 4) is 5.75 Å². The Kier molecular flexibility index (Phi) is 20.7. The maximum atomic E-state index is 13.6. The number of ether oxygens (including phenoxy) is 2. The van der Waals surface area contributed by atoms with Crippen LogP contribution in [0.3, 0.4) is 0 Å². The number of aromatic carboxylic acids is 1. The number of nitrogens with one attached hydrogen (secondary N) is 3. The van der Waals surface area contributed by atoms with Crippen molar-refractivity contribution < 1.29 is 111 Å². The Bertz CT molecular complexity index is 1300. The van der Waals surface area contributed by atoms with E-state index in [2.05, 4.69) is 16.0 Å². The predicted molar refractivity (Wildman–Crippen MR) is 162 cm³/mol. The van der Waals surface area contributed by atoms with Crippen LogP contribution in [-0.2, 0) is 32.0 Å². The summed E-state index contributed by atoms with van der Waals surface area (Å²) in [6.45, 7) is 4.61. The molecule has 15 heteroatoms. The molecule has 2 atom stereocenters. The normalized spacial score (nSPS) is 11.8.